The van der Waals surface area contributed by atoms with Crippen molar-refractivity contribution in [3.05, 3.63) is 29.8 Å². The first-order valence-electron chi connectivity index (χ1n) is 10.3. The molecule has 1 N–H and O–H groups in total. The highest BCUT2D eigenvalue weighted by Gasteiger charge is 2.24. The number of piperidine rings is 1. The lowest BCUT2D eigenvalue weighted by molar-refractivity contribution is -0.123. The average molecular weight is 373 g/mol. The monoisotopic (exact) mass is 372 g/mol. The van der Waals surface area contributed by atoms with E-state index in [1.54, 1.807) is 12.1 Å². The molecule has 0 aromatic heterocycles. The van der Waals surface area contributed by atoms with Gasteiger partial charge in [0.1, 0.15) is 6.61 Å². The summed E-state index contributed by atoms with van der Waals surface area (Å²) in [6.07, 6.45) is 6.71. The Morgan fingerprint density at radius 2 is 1.81 bits per heavy atom. The number of para-hydroxylation sites is 1. The van der Waals surface area contributed by atoms with Crippen LogP contribution in [0.25, 0.3) is 0 Å². The van der Waals surface area contributed by atoms with Crippen molar-refractivity contribution in [2.75, 3.05) is 25.0 Å². The highest BCUT2D eigenvalue weighted by Crippen LogP contribution is 2.26. The molecule has 0 radical (unpaired) electrons. The molecule has 1 aliphatic heterocycles. The summed E-state index contributed by atoms with van der Waals surface area (Å²) in [7, 11) is 0. The van der Waals surface area contributed by atoms with Gasteiger partial charge in [0.2, 0.25) is 5.91 Å². The molecule has 2 fully saturated rings. The summed E-state index contributed by atoms with van der Waals surface area (Å²) in [6.45, 7) is 6.07. The zero-order valence-electron chi connectivity index (χ0n) is 16.6. The van der Waals surface area contributed by atoms with Gasteiger partial charge in [-0.15, -0.1) is 0 Å². The predicted octanol–water partition coefficient (Wildman–Crippen LogP) is 4.09. The molecule has 0 bridgehead atoms. The van der Waals surface area contributed by atoms with Crippen molar-refractivity contribution in [2.24, 2.45) is 11.8 Å². The molecule has 1 aromatic rings. The number of amides is 2. The molecule has 2 amide bonds. The van der Waals surface area contributed by atoms with Gasteiger partial charge in [0.25, 0.3) is 5.91 Å². The van der Waals surface area contributed by atoms with E-state index in [9.17, 15) is 9.59 Å². The van der Waals surface area contributed by atoms with Crippen molar-refractivity contribution in [3.63, 3.8) is 0 Å². The molecular weight excluding hydrogens is 340 g/mol. The molecule has 2 aliphatic rings. The van der Waals surface area contributed by atoms with Gasteiger partial charge in [0.15, 0.2) is 0 Å². The molecule has 5 heteroatoms. The van der Waals surface area contributed by atoms with Gasteiger partial charge >= 0.3 is 0 Å². The Kier molecular flexibility index (Phi) is 6.89. The van der Waals surface area contributed by atoms with E-state index in [0.717, 1.165) is 38.8 Å². The van der Waals surface area contributed by atoms with Crippen LogP contribution in [0.4, 0.5) is 5.69 Å². The summed E-state index contributed by atoms with van der Waals surface area (Å²) >= 11 is 0. The van der Waals surface area contributed by atoms with Crippen molar-refractivity contribution in [1.29, 1.82) is 0 Å². The molecule has 27 heavy (non-hydrogen) atoms. The van der Waals surface area contributed by atoms with Crippen LogP contribution in [0.2, 0.25) is 0 Å². The summed E-state index contributed by atoms with van der Waals surface area (Å²) in [6, 6.07) is 7.27. The number of nitrogens with zero attached hydrogens (tertiary/aromatic N) is 1. The van der Waals surface area contributed by atoms with Gasteiger partial charge in [-0.05, 0) is 49.7 Å². The van der Waals surface area contributed by atoms with Crippen LogP contribution in [0.3, 0.4) is 0 Å². The molecule has 3 rings (SSSR count). The number of anilines is 1. The molecule has 5 nitrogen and oxygen atoms in total. The minimum Gasteiger partial charge on any atom is -0.368 e. The lowest BCUT2D eigenvalue weighted by Crippen LogP contribution is -2.38. The minimum atomic E-state index is -0.194. The summed E-state index contributed by atoms with van der Waals surface area (Å²) in [4.78, 5) is 27.2. The highest BCUT2D eigenvalue weighted by atomic mass is 16.5. The van der Waals surface area contributed by atoms with Crippen LogP contribution < -0.4 is 5.32 Å². The number of carbonyl (C=O) groups is 2. The SMILES string of the molecule is CC1CCN(C(=O)c2ccccc2NC(=O)COC2CCCC(C)C2)CC1. The second-order valence-electron chi connectivity index (χ2n) is 8.27. The number of hydrogen-bond donors (Lipinski definition) is 1. The molecule has 148 valence electrons. The Balaban J connectivity index is 1.56. The van der Waals surface area contributed by atoms with Crippen LogP contribution in [0.5, 0.6) is 0 Å². The second kappa shape index (κ2) is 9.36. The topological polar surface area (TPSA) is 58.6 Å². The van der Waals surface area contributed by atoms with Gasteiger partial charge in [-0.1, -0.05) is 38.8 Å². The average Bonchev–Trinajstić information content (AvgIpc) is 2.67. The predicted molar refractivity (Wildman–Crippen MR) is 107 cm³/mol. The third-order valence-electron chi connectivity index (χ3n) is 5.84. The first-order chi connectivity index (χ1) is 13.0. The van der Waals surface area contributed by atoms with Crippen molar-refractivity contribution in [2.45, 2.75) is 58.5 Å². The summed E-state index contributed by atoms with van der Waals surface area (Å²) in [5, 5.41) is 2.88. The zero-order chi connectivity index (χ0) is 19.2. The van der Waals surface area contributed by atoms with E-state index < -0.39 is 0 Å². The number of benzene rings is 1. The van der Waals surface area contributed by atoms with Gasteiger partial charge < -0.3 is 15.0 Å². The van der Waals surface area contributed by atoms with E-state index in [1.807, 2.05) is 17.0 Å². The molecule has 1 heterocycles. The van der Waals surface area contributed by atoms with Crippen molar-refractivity contribution >= 4 is 17.5 Å². The lowest BCUT2D eigenvalue weighted by Gasteiger charge is -2.31. The Morgan fingerprint density at radius 3 is 2.56 bits per heavy atom. The fourth-order valence-electron chi connectivity index (χ4n) is 4.07. The third kappa shape index (κ3) is 5.55. The van der Waals surface area contributed by atoms with Crippen molar-refractivity contribution < 1.29 is 14.3 Å². The lowest BCUT2D eigenvalue weighted by atomic mass is 9.89. The van der Waals surface area contributed by atoms with Crippen LogP contribution in [-0.2, 0) is 9.53 Å². The molecule has 1 saturated heterocycles. The first-order valence-corrected chi connectivity index (χ1v) is 10.3. The smallest absolute Gasteiger partial charge is 0.255 e. The van der Waals surface area contributed by atoms with E-state index in [0.29, 0.717) is 23.1 Å². The number of likely N-dealkylation sites (tertiary alicyclic amines) is 1. The second-order valence-corrected chi connectivity index (χ2v) is 8.27. The normalized spacial score (nSPS) is 23.9. The van der Waals surface area contributed by atoms with Gasteiger partial charge in [-0.25, -0.2) is 0 Å². The maximum absolute atomic E-state index is 12.9. The van der Waals surface area contributed by atoms with Crippen molar-refractivity contribution in [3.8, 4) is 0 Å². The van der Waals surface area contributed by atoms with Crippen LogP contribution >= 0.6 is 0 Å². The summed E-state index contributed by atoms with van der Waals surface area (Å²) in [5.74, 6) is 1.14. The van der Waals surface area contributed by atoms with E-state index in [4.69, 9.17) is 4.74 Å². The maximum atomic E-state index is 12.9. The number of carbonyl (C=O) groups excluding carboxylic acids is 2. The Morgan fingerprint density at radius 1 is 1.07 bits per heavy atom. The van der Waals surface area contributed by atoms with Gasteiger partial charge in [-0.3, -0.25) is 9.59 Å². The van der Waals surface area contributed by atoms with E-state index in [2.05, 4.69) is 19.2 Å². The Labute approximate surface area is 162 Å². The quantitative estimate of drug-likeness (QED) is 0.847. The van der Waals surface area contributed by atoms with Crippen LogP contribution in [-0.4, -0.2) is 42.5 Å². The number of hydrogen-bond acceptors (Lipinski definition) is 3. The maximum Gasteiger partial charge on any atom is 0.255 e. The third-order valence-corrected chi connectivity index (χ3v) is 5.84. The Bertz CT molecular complexity index is 653. The van der Waals surface area contributed by atoms with E-state index >= 15 is 0 Å². The standard InChI is InChI=1S/C22H32N2O3/c1-16-10-12-24(13-11-16)22(26)19-8-3-4-9-20(19)23-21(25)15-27-18-7-5-6-17(2)14-18/h3-4,8-9,16-18H,5-7,10-15H2,1-2H3,(H,23,25). The minimum absolute atomic E-state index is 0.000163. The largest absolute Gasteiger partial charge is 0.368 e. The zero-order valence-corrected chi connectivity index (χ0v) is 16.6. The summed E-state index contributed by atoms with van der Waals surface area (Å²) in [5.41, 5.74) is 1.14. The molecule has 1 aliphatic carbocycles. The van der Waals surface area contributed by atoms with Gasteiger partial charge in [-0.2, -0.15) is 0 Å². The number of nitrogens with one attached hydrogen (secondary N) is 1. The van der Waals surface area contributed by atoms with Crippen molar-refractivity contribution in [1.82, 2.24) is 4.90 Å². The number of rotatable bonds is 5. The molecule has 0 spiro atoms. The van der Waals surface area contributed by atoms with Gasteiger partial charge in [0, 0.05) is 13.1 Å². The van der Waals surface area contributed by atoms with E-state index in [1.165, 1.54) is 12.8 Å². The Hall–Kier alpha value is -1.88. The van der Waals surface area contributed by atoms with E-state index in [-0.39, 0.29) is 24.5 Å². The molecule has 1 aromatic carbocycles. The molecule has 2 unspecified atom stereocenters. The fraction of sp³-hybridized carbons (Fsp3) is 0.636. The van der Waals surface area contributed by atoms with Crippen LogP contribution in [0, 0.1) is 11.8 Å². The first kappa shape index (κ1) is 19.9. The van der Waals surface area contributed by atoms with Crippen LogP contribution in [0.1, 0.15) is 62.7 Å². The molecule has 2 atom stereocenters. The van der Waals surface area contributed by atoms with Crippen LogP contribution in [0.15, 0.2) is 24.3 Å². The highest BCUT2D eigenvalue weighted by molar-refractivity contribution is 6.04. The summed E-state index contributed by atoms with van der Waals surface area (Å²) < 4.78 is 5.81. The van der Waals surface area contributed by atoms with Gasteiger partial charge in [0.05, 0.1) is 17.4 Å². The molecule has 1 saturated carbocycles. The number of ether oxygens (including phenoxy) is 1. The molecular formula is C22H32N2O3. The fourth-order valence-corrected chi connectivity index (χ4v) is 4.07.